The molecule has 0 saturated heterocycles. The maximum Gasteiger partial charge on any atom is 0.238 e. The van der Waals surface area contributed by atoms with E-state index in [-0.39, 0.29) is 10.8 Å². The van der Waals surface area contributed by atoms with Crippen molar-refractivity contribution < 1.29 is 0 Å². The number of nitrogens with zero attached hydrogens (tertiary/aromatic N) is 5. The van der Waals surface area contributed by atoms with Crippen molar-refractivity contribution in [2.75, 3.05) is 0 Å². The van der Waals surface area contributed by atoms with Crippen molar-refractivity contribution in [3.63, 3.8) is 0 Å². The fraction of sp³-hybridized carbons (Fsp3) is 0.141. The van der Waals surface area contributed by atoms with Crippen LogP contribution in [0.4, 0.5) is 0 Å². The van der Waals surface area contributed by atoms with E-state index in [4.69, 9.17) is 15.0 Å². The van der Waals surface area contributed by atoms with Crippen LogP contribution in [0.1, 0.15) is 58.9 Å². The molecule has 9 aromatic carbocycles. The van der Waals surface area contributed by atoms with Crippen molar-refractivity contribution in [2.24, 2.45) is 10.8 Å². The number of aromatic nitrogens is 5. The van der Waals surface area contributed by atoms with E-state index in [9.17, 15) is 0 Å². The first-order chi connectivity index (χ1) is 37.2. The highest BCUT2D eigenvalue weighted by Gasteiger charge is 2.39. The van der Waals surface area contributed by atoms with Gasteiger partial charge in [0, 0.05) is 38.2 Å². The van der Waals surface area contributed by atoms with Crippen molar-refractivity contribution >= 4 is 49.2 Å². The van der Waals surface area contributed by atoms with Crippen LogP contribution in [0, 0.1) is 10.8 Å². The predicted octanol–water partition coefficient (Wildman–Crippen LogP) is 18.7. The Labute approximate surface area is 444 Å². The number of rotatable bonds is 8. The summed E-state index contributed by atoms with van der Waals surface area (Å²) in [5.41, 5.74) is 20.3. The van der Waals surface area contributed by atoms with Gasteiger partial charge in [-0.05, 0) is 111 Å². The molecule has 12 aromatic rings. The molecule has 0 saturated carbocycles. The maximum absolute atomic E-state index is 5.59. The van der Waals surface area contributed by atoms with Crippen molar-refractivity contribution in [1.29, 1.82) is 0 Å². The molecular weight excluding hydrogens is 923 g/mol. The molecule has 0 bridgehead atoms. The highest BCUT2D eigenvalue weighted by molar-refractivity contribution is 6.24. The first-order valence-corrected chi connectivity index (χ1v) is 26.9. The zero-order valence-corrected chi connectivity index (χ0v) is 43.4. The zero-order chi connectivity index (χ0) is 51.1. The third kappa shape index (κ3) is 7.55. The Hall–Kier alpha value is -8.93. The van der Waals surface area contributed by atoms with Gasteiger partial charge >= 0.3 is 0 Å². The summed E-state index contributed by atoms with van der Waals surface area (Å²) in [6, 6.07) is 78.5. The van der Waals surface area contributed by atoms with Crippen LogP contribution in [0.15, 0.2) is 236 Å². The average molecular weight is 980 g/mol. The van der Waals surface area contributed by atoms with Crippen LogP contribution >= 0.6 is 0 Å². The van der Waals surface area contributed by atoms with Gasteiger partial charge in [-0.1, -0.05) is 227 Å². The molecule has 2 aliphatic rings. The third-order valence-electron chi connectivity index (χ3n) is 16.7. The molecule has 0 aliphatic heterocycles. The number of hydrogen-bond donors (Lipinski definition) is 0. The van der Waals surface area contributed by atoms with Gasteiger partial charge in [0.2, 0.25) is 5.95 Å². The fourth-order valence-corrected chi connectivity index (χ4v) is 12.7. The molecule has 2 aliphatic carbocycles. The lowest BCUT2D eigenvalue weighted by Crippen LogP contribution is -2.31. The Kier molecular flexibility index (Phi) is 10.7. The number of benzene rings is 9. The topological polar surface area (TPSA) is 48.5 Å². The fourth-order valence-electron chi connectivity index (χ4n) is 12.7. The van der Waals surface area contributed by atoms with Crippen molar-refractivity contribution in [3.8, 4) is 67.8 Å². The van der Waals surface area contributed by atoms with Gasteiger partial charge in [0.05, 0.1) is 27.8 Å². The van der Waals surface area contributed by atoms with Crippen LogP contribution < -0.4 is 0 Å². The Morgan fingerprint density at radius 1 is 0.368 bits per heavy atom. The van der Waals surface area contributed by atoms with Gasteiger partial charge in [-0.2, -0.15) is 9.97 Å². The second kappa shape index (κ2) is 17.9. The lowest BCUT2D eigenvalue weighted by atomic mass is 9.60. The minimum Gasteiger partial charge on any atom is -0.307 e. The first-order valence-electron chi connectivity index (χ1n) is 26.9. The van der Waals surface area contributed by atoms with Gasteiger partial charge in [0.15, 0.2) is 11.6 Å². The summed E-state index contributed by atoms with van der Waals surface area (Å²) in [6.45, 7) is 9.79. The van der Waals surface area contributed by atoms with E-state index in [0.29, 0.717) is 17.6 Å². The molecule has 0 fully saturated rings. The Balaban J connectivity index is 1.02. The van der Waals surface area contributed by atoms with Crippen LogP contribution in [0.2, 0.25) is 0 Å². The molecule has 5 heteroatoms. The molecule has 366 valence electrons. The minimum absolute atomic E-state index is 0.162. The van der Waals surface area contributed by atoms with Gasteiger partial charge in [-0.3, -0.25) is 4.57 Å². The summed E-state index contributed by atoms with van der Waals surface area (Å²) in [5.74, 6) is 1.75. The lowest BCUT2D eigenvalue weighted by Gasteiger charge is -2.45. The molecule has 0 spiro atoms. The predicted molar refractivity (Wildman–Crippen MR) is 317 cm³/mol. The molecule has 0 atom stereocenters. The third-order valence-corrected chi connectivity index (χ3v) is 16.7. The summed E-state index contributed by atoms with van der Waals surface area (Å²) in [5, 5.41) is 4.59. The maximum atomic E-state index is 5.59. The molecule has 5 nitrogen and oxygen atoms in total. The minimum atomic E-state index is 0.162. The summed E-state index contributed by atoms with van der Waals surface area (Å²) < 4.78 is 4.81. The van der Waals surface area contributed by atoms with Crippen molar-refractivity contribution in [2.45, 2.75) is 53.4 Å². The standard InChI is InChI=1S/C71H57N5/c1-70(2)41-42-71(3,4)61-45-50(37-40-60(61)70)49-26-19-27-51(43-49)54-30-13-16-34-62(54)75-63-35-17-14-31-55(63)57-38-39-58-56-32-15-18-36-64(56)76(66(58)65(57)75)69-73-67(52-28-20-25-48(44-52)46-21-7-5-8-22-46)72-68(74-69)59-33-12-11-29-53(59)47-23-9-6-10-24-47/h5-36,38-39,43-45H,37,40-42H2,1-4H3. The largest absolute Gasteiger partial charge is 0.307 e. The van der Waals surface area contributed by atoms with Crippen molar-refractivity contribution in [3.05, 3.63) is 241 Å². The van der Waals surface area contributed by atoms with Crippen LogP contribution in [-0.2, 0) is 0 Å². The van der Waals surface area contributed by atoms with E-state index in [0.717, 1.165) is 90.1 Å². The normalized spacial score (nSPS) is 15.1. The molecule has 14 rings (SSSR count). The molecule has 0 amide bonds. The zero-order valence-electron chi connectivity index (χ0n) is 43.4. The quantitative estimate of drug-likeness (QED) is 0.152. The van der Waals surface area contributed by atoms with Gasteiger partial charge in [-0.25, -0.2) is 4.98 Å². The summed E-state index contributed by atoms with van der Waals surface area (Å²) in [6.07, 6.45) is 7.19. The van der Waals surface area contributed by atoms with Crippen LogP contribution in [0.25, 0.3) is 117 Å². The Morgan fingerprint density at radius 3 is 1.63 bits per heavy atom. The highest BCUT2D eigenvalue weighted by Crippen LogP contribution is 2.54. The van der Waals surface area contributed by atoms with Crippen LogP contribution in [0.3, 0.4) is 0 Å². The summed E-state index contributed by atoms with van der Waals surface area (Å²) in [4.78, 5) is 16.5. The van der Waals surface area contributed by atoms with Gasteiger partial charge in [0.25, 0.3) is 0 Å². The van der Waals surface area contributed by atoms with Gasteiger partial charge < -0.3 is 4.57 Å². The highest BCUT2D eigenvalue weighted by atomic mass is 15.2. The SMILES string of the molecule is CC1(C)CCC(C)(C)C2=C1C=C(c1cccc(-c3ccccc3-n3c4ccccc4c4ccc5c6ccccc6n(-c6nc(-c7cccc(-c8ccccc8)c7)nc(-c7ccccc7-c7ccccc7)n6)c5c43)c1)CC2. The van der Waals surface area contributed by atoms with E-state index in [1.54, 1.807) is 11.1 Å². The summed E-state index contributed by atoms with van der Waals surface area (Å²) >= 11 is 0. The van der Waals surface area contributed by atoms with E-state index < -0.39 is 0 Å². The molecular formula is C71H57N5. The van der Waals surface area contributed by atoms with Crippen LogP contribution in [-0.4, -0.2) is 24.1 Å². The second-order valence-corrected chi connectivity index (χ2v) is 22.1. The number of fused-ring (bicyclic) bond motifs is 7. The Morgan fingerprint density at radius 2 is 0.895 bits per heavy atom. The molecule has 0 radical (unpaired) electrons. The molecule has 0 unspecified atom stereocenters. The van der Waals surface area contributed by atoms with Gasteiger partial charge in [0.1, 0.15) is 0 Å². The molecule has 76 heavy (non-hydrogen) atoms. The molecule has 3 heterocycles. The first kappa shape index (κ1) is 45.7. The van der Waals surface area contributed by atoms with E-state index in [2.05, 4.69) is 261 Å². The van der Waals surface area contributed by atoms with E-state index in [1.165, 1.54) is 40.5 Å². The number of allylic oxidation sites excluding steroid dienone is 4. The second-order valence-electron chi connectivity index (χ2n) is 22.1. The van der Waals surface area contributed by atoms with Gasteiger partial charge in [-0.15, -0.1) is 0 Å². The average Bonchev–Trinajstić information content (AvgIpc) is 4.08. The molecule has 0 N–H and O–H groups in total. The lowest BCUT2D eigenvalue weighted by molar-refractivity contribution is 0.259. The smallest absolute Gasteiger partial charge is 0.238 e. The number of hydrogen-bond acceptors (Lipinski definition) is 3. The Bertz CT molecular complexity index is 4340. The number of para-hydroxylation sites is 3. The van der Waals surface area contributed by atoms with Crippen molar-refractivity contribution in [1.82, 2.24) is 24.1 Å². The van der Waals surface area contributed by atoms with E-state index >= 15 is 0 Å². The molecule has 3 aromatic heterocycles. The monoisotopic (exact) mass is 979 g/mol. The van der Waals surface area contributed by atoms with E-state index in [1.807, 2.05) is 0 Å². The van der Waals surface area contributed by atoms with Crippen LogP contribution in [0.5, 0.6) is 0 Å². The summed E-state index contributed by atoms with van der Waals surface area (Å²) in [7, 11) is 0.